The summed E-state index contributed by atoms with van der Waals surface area (Å²) < 4.78 is 17.6. The fourth-order valence-corrected chi connectivity index (χ4v) is 4.89. The number of hydrogen-bond acceptors (Lipinski definition) is 5. The molecule has 1 spiro atoms. The van der Waals surface area contributed by atoms with E-state index in [0.29, 0.717) is 24.2 Å². The van der Waals surface area contributed by atoms with Crippen LogP contribution in [-0.4, -0.2) is 49.1 Å². The van der Waals surface area contributed by atoms with Crippen LogP contribution in [0.2, 0.25) is 18.1 Å². The smallest absolute Gasteiger partial charge is 0.411 e. The summed E-state index contributed by atoms with van der Waals surface area (Å²) in [5.74, 6) is 0.296. The second-order valence-corrected chi connectivity index (χ2v) is 15.2. The molecule has 28 heavy (non-hydrogen) atoms. The van der Waals surface area contributed by atoms with E-state index in [2.05, 4.69) is 33.9 Å². The van der Waals surface area contributed by atoms with Crippen molar-refractivity contribution in [1.29, 1.82) is 0 Å². The summed E-state index contributed by atoms with van der Waals surface area (Å²) in [6.07, 6.45) is 4.56. The van der Waals surface area contributed by atoms with Crippen molar-refractivity contribution in [3.63, 3.8) is 0 Å². The largest absolute Gasteiger partial charge is 0.546 e. The lowest BCUT2D eigenvalue weighted by Crippen LogP contribution is -2.60. The highest BCUT2D eigenvalue weighted by Gasteiger charge is 2.58. The Bertz CT molecular complexity index is 756. The molecule has 1 amide bonds. The topological polar surface area (TPSA) is 65.1 Å². The first-order chi connectivity index (χ1) is 12.7. The minimum Gasteiger partial charge on any atom is -0.546 e. The van der Waals surface area contributed by atoms with Gasteiger partial charge in [0.05, 0.1) is 18.4 Å². The van der Waals surface area contributed by atoms with E-state index in [4.69, 9.17) is 13.9 Å². The molecule has 1 saturated heterocycles. The first-order valence-electron chi connectivity index (χ1n) is 9.99. The number of rotatable bonds is 2. The van der Waals surface area contributed by atoms with Gasteiger partial charge in [-0.1, -0.05) is 32.9 Å². The third-order valence-electron chi connectivity index (χ3n) is 6.16. The van der Waals surface area contributed by atoms with Gasteiger partial charge in [0.1, 0.15) is 16.7 Å². The monoisotopic (exact) mass is 407 g/mol. The molecule has 2 atom stereocenters. The van der Waals surface area contributed by atoms with Crippen molar-refractivity contribution in [2.45, 2.75) is 89.7 Å². The number of amides is 1. The summed E-state index contributed by atoms with van der Waals surface area (Å²) in [5, 5.41) is 0.00106. The first kappa shape index (κ1) is 21.0. The lowest BCUT2D eigenvalue weighted by Gasteiger charge is -2.49. The summed E-state index contributed by atoms with van der Waals surface area (Å²) >= 11 is 0. The van der Waals surface area contributed by atoms with Gasteiger partial charge < -0.3 is 13.9 Å². The van der Waals surface area contributed by atoms with Gasteiger partial charge in [-0.15, -0.1) is 0 Å². The zero-order chi connectivity index (χ0) is 21.1. The maximum Gasteiger partial charge on any atom is 0.411 e. The van der Waals surface area contributed by atoms with Crippen LogP contribution in [0.15, 0.2) is 23.5 Å². The Hall–Kier alpha value is -1.76. The highest BCUT2D eigenvalue weighted by atomic mass is 28.4. The molecule has 0 saturated carbocycles. The van der Waals surface area contributed by atoms with E-state index in [1.807, 2.05) is 32.9 Å². The predicted molar refractivity (Wildman–Crippen MR) is 109 cm³/mol. The van der Waals surface area contributed by atoms with Gasteiger partial charge >= 0.3 is 12.1 Å². The molecule has 1 fully saturated rings. The number of esters is 1. The van der Waals surface area contributed by atoms with Crippen molar-refractivity contribution >= 4 is 20.4 Å². The van der Waals surface area contributed by atoms with E-state index in [9.17, 15) is 9.59 Å². The molecule has 2 bridgehead atoms. The minimum atomic E-state index is -2.15. The summed E-state index contributed by atoms with van der Waals surface area (Å²) in [7, 11) is -2.15. The van der Waals surface area contributed by atoms with Crippen molar-refractivity contribution in [3.05, 3.63) is 23.5 Å². The van der Waals surface area contributed by atoms with Crippen LogP contribution in [0.25, 0.3) is 0 Å². The fourth-order valence-electron chi connectivity index (χ4n) is 3.78. The van der Waals surface area contributed by atoms with Crippen molar-refractivity contribution in [2.75, 3.05) is 6.61 Å². The van der Waals surface area contributed by atoms with Gasteiger partial charge in [-0.05, 0) is 38.9 Å². The standard InChI is InChI=1S/C21H33NO5Si/c1-19(2,3)26-18(24)22-14-9-10-21(22)11-12-25-17(23)16(21)15(13-14)27-28(7,8)20(4,5)6/h9-10,14H,11-13H2,1-8H3/t14-,21-/m1/s1. The lowest BCUT2D eigenvalue weighted by molar-refractivity contribution is -0.145. The van der Waals surface area contributed by atoms with Crippen LogP contribution < -0.4 is 0 Å². The average Bonchev–Trinajstić information content (AvgIpc) is 2.74. The zero-order valence-corrected chi connectivity index (χ0v) is 19.3. The van der Waals surface area contributed by atoms with Gasteiger partial charge in [0.2, 0.25) is 8.32 Å². The molecule has 156 valence electrons. The molecule has 6 nitrogen and oxygen atoms in total. The second kappa shape index (κ2) is 6.37. The van der Waals surface area contributed by atoms with Crippen molar-refractivity contribution in [3.8, 4) is 0 Å². The lowest BCUT2D eigenvalue weighted by atomic mass is 9.81. The number of nitrogens with zero attached hydrogens (tertiary/aromatic N) is 1. The molecule has 0 aromatic heterocycles. The van der Waals surface area contributed by atoms with Crippen molar-refractivity contribution in [2.24, 2.45) is 0 Å². The molecule has 3 heterocycles. The molecular formula is C21H33NO5Si. The third-order valence-corrected chi connectivity index (χ3v) is 10.5. The number of fused-ring (bicyclic) bond motifs is 1. The van der Waals surface area contributed by atoms with Crippen LogP contribution >= 0.6 is 0 Å². The van der Waals surface area contributed by atoms with E-state index < -0.39 is 31.5 Å². The van der Waals surface area contributed by atoms with Gasteiger partial charge in [0.15, 0.2) is 0 Å². The maximum atomic E-state index is 13.0. The van der Waals surface area contributed by atoms with Crippen LogP contribution in [0.1, 0.15) is 54.4 Å². The number of cyclic esters (lactones) is 1. The minimum absolute atomic E-state index is 0.00106. The Morgan fingerprint density at radius 1 is 1.25 bits per heavy atom. The quantitative estimate of drug-likeness (QED) is 0.382. The summed E-state index contributed by atoms with van der Waals surface area (Å²) in [6.45, 7) is 16.6. The molecule has 3 aliphatic heterocycles. The van der Waals surface area contributed by atoms with E-state index in [-0.39, 0.29) is 17.7 Å². The van der Waals surface area contributed by atoms with Gasteiger partial charge in [-0.2, -0.15) is 0 Å². The number of carbonyl (C=O) groups excluding carboxylic acids is 2. The molecule has 3 aliphatic rings. The maximum absolute atomic E-state index is 13.0. The number of carbonyl (C=O) groups is 2. The molecule has 7 heteroatoms. The number of ether oxygens (including phenoxy) is 2. The Morgan fingerprint density at radius 2 is 1.89 bits per heavy atom. The average molecular weight is 408 g/mol. The summed E-state index contributed by atoms with van der Waals surface area (Å²) in [6, 6.07) is -0.177. The SMILES string of the molecule is CC(C)(C)OC(=O)N1[C@@H]2C=C[C@]13CCOC(=O)C3=C(O[Si](C)(C)C(C)(C)C)C2. The van der Waals surface area contributed by atoms with E-state index >= 15 is 0 Å². The molecule has 0 aromatic carbocycles. The van der Waals surface area contributed by atoms with Gasteiger partial charge in [0, 0.05) is 12.8 Å². The molecule has 0 radical (unpaired) electrons. The van der Waals surface area contributed by atoms with Crippen molar-refractivity contribution < 1.29 is 23.5 Å². The Kier molecular flexibility index (Phi) is 4.77. The second-order valence-electron chi connectivity index (χ2n) is 10.5. The first-order valence-corrected chi connectivity index (χ1v) is 12.9. The number of hydrogen-bond donors (Lipinski definition) is 0. The molecular weight excluding hydrogens is 374 g/mol. The van der Waals surface area contributed by atoms with E-state index in [1.165, 1.54) is 0 Å². The molecule has 0 unspecified atom stereocenters. The van der Waals surface area contributed by atoms with E-state index in [0.717, 1.165) is 0 Å². The molecule has 3 rings (SSSR count). The van der Waals surface area contributed by atoms with Gasteiger partial charge in [-0.3, -0.25) is 4.90 Å². The fraction of sp³-hybridized carbons (Fsp3) is 0.714. The predicted octanol–water partition coefficient (Wildman–Crippen LogP) is 4.53. The van der Waals surface area contributed by atoms with Crippen LogP contribution in [0, 0.1) is 0 Å². The van der Waals surface area contributed by atoms with Crippen LogP contribution in [-0.2, 0) is 18.7 Å². The van der Waals surface area contributed by atoms with Gasteiger partial charge in [0.25, 0.3) is 0 Å². The summed E-state index contributed by atoms with van der Waals surface area (Å²) in [5.41, 5.74) is -0.970. The highest BCUT2D eigenvalue weighted by Crippen LogP contribution is 2.50. The van der Waals surface area contributed by atoms with Crippen LogP contribution in [0.4, 0.5) is 4.79 Å². The zero-order valence-electron chi connectivity index (χ0n) is 18.3. The van der Waals surface area contributed by atoms with Crippen LogP contribution in [0.3, 0.4) is 0 Å². The molecule has 0 aliphatic carbocycles. The normalized spacial score (nSPS) is 27.5. The van der Waals surface area contributed by atoms with Crippen LogP contribution in [0.5, 0.6) is 0 Å². The highest BCUT2D eigenvalue weighted by molar-refractivity contribution is 6.74. The van der Waals surface area contributed by atoms with E-state index in [1.54, 1.807) is 4.90 Å². The Balaban J connectivity index is 2.05. The third kappa shape index (κ3) is 3.38. The Labute approximate surface area is 169 Å². The molecule has 0 aromatic rings. The summed E-state index contributed by atoms with van der Waals surface area (Å²) in [4.78, 5) is 27.6. The molecule has 0 N–H and O–H groups in total. The van der Waals surface area contributed by atoms with Crippen molar-refractivity contribution in [1.82, 2.24) is 4.90 Å². The van der Waals surface area contributed by atoms with Gasteiger partial charge in [-0.25, -0.2) is 9.59 Å². The Morgan fingerprint density at radius 3 is 2.46 bits per heavy atom.